The number of aromatic nitrogens is 4. The van der Waals surface area contributed by atoms with Crippen LogP contribution in [0.25, 0.3) is 22.1 Å². The number of fused-ring (bicyclic) bond motifs is 3. The Kier molecular flexibility index (Phi) is 6.46. The van der Waals surface area contributed by atoms with Gasteiger partial charge in [-0.05, 0) is 50.1 Å². The molecule has 5 N–H and O–H groups in total. The van der Waals surface area contributed by atoms with E-state index in [4.69, 9.17) is 21.2 Å². The zero-order valence-electron chi connectivity index (χ0n) is 18.0. The highest BCUT2D eigenvalue weighted by molar-refractivity contribution is 6.04. The second kappa shape index (κ2) is 9.61. The molecule has 0 bridgehead atoms. The number of carbonyl (C=O) groups excluding carboxylic acids is 1. The number of rotatable bonds is 9. The van der Waals surface area contributed by atoms with Gasteiger partial charge >= 0.3 is 0 Å². The Morgan fingerprint density at radius 2 is 2.00 bits per heavy atom. The van der Waals surface area contributed by atoms with Crippen molar-refractivity contribution in [1.29, 1.82) is 0 Å². The summed E-state index contributed by atoms with van der Waals surface area (Å²) >= 11 is 0. The Morgan fingerprint density at radius 1 is 1.12 bits per heavy atom. The maximum Gasteiger partial charge on any atom is 0.251 e. The van der Waals surface area contributed by atoms with E-state index in [1.165, 1.54) is 0 Å². The van der Waals surface area contributed by atoms with Crippen LogP contribution in [0, 0.1) is 0 Å². The maximum absolute atomic E-state index is 12.3. The van der Waals surface area contributed by atoms with Crippen LogP contribution >= 0.6 is 0 Å². The van der Waals surface area contributed by atoms with Crippen LogP contribution in [0.5, 0.6) is 0 Å². The van der Waals surface area contributed by atoms with Crippen molar-refractivity contribution < 1.29 is 9.53 Å². The molecule has 0 radical (unpaired) electrons. The number of nitrogens with two attached hydrogens (primary N) is 2. The number of carbonyl (C=O) groups is 1. The molecule has 166 valence electrons. The van der Waals surface area contributed by atoms with Gasteiger partial charge in [-0.25, -0.2) is 9.97 Å². The van der Waals surface area contributed by atoms with Crippen LogP contribution in [0.1, 0.15) is 35.9 Å². The Bertz CT molecular complexity index is 1250. The van der Waals surface area contributed by atoms with Crippen LogP contribution in [-0.4, -0.2) is 38.6 Å². The smallest absolute Gasteiger partial charge is 0.251 e. The third-order valence-corrected chi connectivity index (χ3v) is 5.22. The van der Waals surface area contributed by atoms with Crippen LogP contribution in [0.15, 0.2) is 42.6 Å². The standard InChI is InChI=1S/C23H27N7O2/c1-2-32-14-18-29-20-21(19-17(28-22(20)25)9-6-11-26-19)30(18)12-4-3-10-27-23(31)15-7-5-8-16(24)13-15/h5-9,11,13H,2-4,10,12,14,24H2,1H3,(H2,25,28)(H,27,31). The number of benzene rings is 1. The number of aryl methyl sites for hydroxylation is 1. The first-order valence-electron chi connectivity index (χ1n) is 10.7. The first kappa shape index (κ1) is 21.5. The van der Waals surface area contributed by atoms with Crippen LogP contribution in [0.2, 0.25) is 0 Å². The van der Waals surface area contributed by atoms with Crippen LogP contribution < -0.4 is 16.8 Å². The first-order chi connectivity index (χ1) is 15.6. The fourth-order valence-electron chi connectivity index (χ4n) is 3.69. The minimum atomic E-state index is -0.128. The number of pyridine rings is 2. The van der Waals surface area contributed by atoms with Gasteiger partial charge in [0.1, 0.15) is 29.0 Å². The highest BCUT2D eigenvalue weighted by Gasteiger charge is 2.18. The average molecular weight is 434 g/mol. The van der Waals surface area contributed by atoms with Crippen LogP contribution in [0.4, 0.5) is 11.5 Å². The van der Waals surface area contributed by atoms with E-state index < -0.39 is 0 Å². The van der Waals surface area contributed by atoms with Gasteiger partial charge in [0.15, 0.2) is 5.82 Å². The lowest BCUT2D eigenvalue weighted by Gasteiger charge is -2.11. The number of ether oxygens (including phenoxy) is 1. The number of nitrogen functional groups attached to an aromatic ring is 2. The molecule has 3 heterocycles. The second-order valence-electron chi connectivity index (χ2n) is 7.47. The summed E-state index contributed by atoms with van der Waals surface area (Å²) < 4.78 is 7.74. The molecule has 0 saturated carbocycles. The van der Waals surface area contributed by atoms with Crippen molar-refractivity contribution in [1.82, 2.24) is 24.8 Å². The number of unbranched alkanes of at least 4 members (excludes halogenated alkanes) is 1. The summed E-state index contributed by atoms with van der Waals surface area (Å²) in [4.78, 5) is 26.0. The van der Waals surface area contributed by atoms with Crippen molar-refractivity contribution in [2.45, 2.75) is 32.9 Å². The van der Waals surface area contributed by atoms with Gasteiger partial charge in [-0.15, -0.1) is 0 Å². The molecule has 0 spiro atoms. The lowest BCUT2D eigenvalue weighted by Crippen LogP contribution is -2.24. The van der Waals surface area contributed by atoms with E-state index in [0.29, 0.717) is 48.9 Å². The van der Waals surface area contributed by atoms with E-state index in [-0.39, 0.29) is 5.91 Å². The number of amides is 1. The predicted octanol–water partition coefficient (Wildman–Crippen LogP) is 2.89. The monoisotopic (exact) mass is 433 g/mol. The molecular weight excluding hydrogens is 406 g/mol. The first-order valence-corrected chi connectivity index (χ1v) is 10.7. The lowest BCUT2D eigenvalue weighted by atomic mass is 10.2. The molecule has 3 aromatic heterocycles. The number of hydrogen-bond acceptors (Lipinski definition) is 7. The second-order valence-corrected chi connectivity index (χ2v) is 7.47. The predicted molar refractivity (Wildman–Crippen MR) is 125 cm³/mol. The van der Waals surface area contributed by atoms with Gasteiger partial charge in [0.25, 0.3) is 5.91 Å². The zero-order chi connectivity index (χ0) is 22.5. The van der Waals surface area contributed by atoms with Crippen LogP contribution in [0.3, 0.4) is 0 Å². The molecule has 4 rings (SSSR count). The molecule has 0 aliphatic carbocycles. The van der Waals surface area contributed by atoms with E-state index in [9.17, 15) is 4.79 Å². The minimum Gasteiger partial charge on any atom is -0.399 e. The van der Waals surface area contributed by atoms with Crippen molar-refractivity contribution in [3.63, 3.8) is 0 Å². The van der Waals surface area contributed by atoms with Crippen LogP contribution in [-0.2, 0) is 17.9 Å². The Balaban J connectivity index is 1.49. The third-order valence-electron chi connectivity index (χ3n) is 5.22. The van der Waals surface area contributed by atoms with Crippen molar-refractivity contribution in [3.8, 4) is 0 Å². The molecule has 1 aromatic carbocycles. The molecule has 0 unspecified atom stereocenters. The van der Waals surface area contributed by atoms with Gasteiger partial charge in [-0.2, -0.15) is 0 Å². The quantitative estimate of drug-likeness (QED) is 0.273. The topological polar surface area (TPSA) is 134 Å². The van der Waals surface area contributed by atoms with Crippen molar-refractivity contribution in [2.75, 3.05) is 24.6 Å². The zero-order valence-corrected chi connectivity index (χ0v) is 18.0. The normalized spacial score (nSPS) is 11.3. The summed E-state index contributed by atoms with van der Waals surface area (Å²) in [5, 5.41) is 2.94. The Hall–Kier alpha value is -3.72. The summed E-state index contributed by atoms with van der Waals surface area (Å²) in [5.41, 5.74) is 16.1. The lowest BCUT2D eigenvalue weighted by molar-refractivity contribution is 0.0953. The molecule has 9 heteroatoms. The Labute approximate surface area is 185 Å². The molecule has 4 aromatic rings. The summed E-state index contributed by atoms with van der Waals surface area (Å²) in [7, 11) is 0. The van der Waals surface area contributed by atoms with E-state index in [2.05, 4.69) is 19.9 Å². The van der Waals surface area contributed by atoms with E-state index >= 15 is 0 Å². The Morgan fingerprint density at radius 3 is 2.81 bits per heavy atom. The van der Waals surface area contributed by atoms with Gasteiger partial charge < -0.3 is 26.1 Å². The summed E-state index contributed by atoms with van der Waals surface area (Å²) in [6.45, 7) is 4.17. The highest BCUT2D eigenvalue weighted by atomic mass is 16.5. The molecule has 1 amide bonds. The number of nitrogens with zero attached hydrogens (tertiary/aromatic N) is 4. The number of imidazole rings is 1. The van der Waals surface area contributed by atoms with E-state index in [1.54, 1.807) is 30.5 Å². The highest BCUT2D eigenvalue weighted by Crippen LogP contribution is 2.28. The number of nitrogens with one attached hydrogen (secondary N) is 1. The van der Waals surface area contributed by atoms with E-state index in [0.717, 1.165) is 35.2 Å². The largest absolute Gasteiger partial charge is 0.399 e. The maximum atomic E-state index is 12.3. The minimum absolute atomic E-state index is 0.128. The number of hydrogen-bond donors (Lipinski definition) is 3. The summed E-state index contributed by atoms with van der Waals surface area (Å²) in [5.74, 6) is 1.04. The van der Waals surface area contributed by atoms with Gasteiger partial charge in [0.05, 0.1) is 5.52 Å². The fourth-order valence-corrected chi connectivity index (χ4v) is 3.69. The van der Waals surface area contributed by atoms with Crippen molar-refractivity contribution in [3.05, 3.63) is 54.0 Å². The third kappa shape index (κ3) is 4.47. The van der Waals surface area contributed by atoms with Gasteiger partial charge in [0, 0.05) is 37.1 Å². The molecule has 0 atom stereocenters. The molecule has 0 aliphatic rings. The SMILES string of the molecule is CCOCc1nc2c(N)nc3cccnc3c2n1CCCCNC(=O)c1cccc(N)c1. The number of anilines is 2. The molecule has 0 fully saturated rings. The molecule has 9 nitrogen and oxygen atoms in total. The summed E-state index contributed by atoms with van der Waals surface area (Å²) in [6, 6.07) is 10.7. The van der Waals surface area contributed by atoms with Gasteiger partial charge in [0.2, 0.25) is 0 Å². The molecular formula is C23H27N7O2. The average Bonchev–Trinajstić information content (AvgIpc) is 3.16. The van der Waals surface area contributed by atoms with Gasteiger partial charge in [-0.3, -0.25) is 9.78 Å². The molecule has 0 saturated heterocycles. The molecule has 32 heavy (non-hydrogen) atoms. The molecule has 0 aliphatic heterocycles. The fraction of sp³-hybridized carbons (Fsp3) is 0.304. The summed E-state index contributed by atoms with van der Waals surface area (Å²) in [6.07, 6.45) is 3.37. The van der Waals surface area contributed by atoms with Crippen molar-refractivity contribution >= 4 is 39.5 Å². The van der Waals surface area contributed by atoms with E-state index in [1.807, 2.05) is 19.1 Å². The van der Waals surface area contributed by atoms with Crippen molar-refractivity contribution in [2.24, 2.45) is 0 Å². The van der Waals surface area contributed by atoms with Gasteiger partial charge in [-0.1, -0.05) is 6.07 Å².